The monoisotopic (exact) mass is 313 g/mol. The van der Waals surface area contributed by atoms with Crippen LogP contribution in [0.25, 0.3) is 0 Å². The molecular formula is C15H24ClN3O2. The Morgan fingerprint density at radius 3 is 2.90 bits per heavy atom. The van der Waals surface area contributed by atoms with E-state index in [2.05, 4.69) is 24.3 Å². The van der Waals surface area contributed by atoms with E-state index in [1.165, 1.54) is 17.5 Å². The average Bonchev–Trinajstić information content (AvgIpc) is 2.45. The van der Waals surface area contributed by atoms with Gasteiger partial charge in [-0.3, -0.25) is 4.79 Å². The van der Waals surface area contributed by atoms with Crippen molar-refractivity contribution in [2.75, 3.05) is 19.0 Å². The number of anilines is 1. The van der Waals surface area contributed by atoms with E-state index in [1.807, 2.05) is 0 Å². The van der Waals surface area contributed by atoms with Crippen LogP contribution in [0.2, 0.25) is 5.02 Å². The summed E-state index contributed by atoms with van der Waals surface area (Å²) in [5.41, 5.74) is 0.372. The van der Waals surface area contributed by atoms with E-state index in [-0.39, 0.29) is 10.6 Å². The summed E-state index contributed by atoms with van der Waals surface area (Å²) < 4.78 is 6.29. The number of aromatic nitrogens is 2. The maximum absolute atomic E-state index is 12.1. The highest BCUT2D eigenvalue weighted by molar-refractivity contribution is 6.32. The predicted molar refractivity (Wildman–Crippen MR) is 85.0 cm³/mol. The van der Waals surface area contributed by atoms with E-state index in [4.69, 9.17) is 16.3 Å². The Hall–Kier alpha value is -1.07. The van der Waals surface area contributed by atoms with Crippen LogP contribution in [0.3, 0.4) is 0 Å². The van der Waals surface area contributed by atoms with Gasteiger partial charge >= 0.3 is 0 Å². The van der Waals surface area contributed by atoms with Gasteiger partial charge in [-0.05, 0) is 31.1 Å². The molecule has 0 spiro atoms. The average molecular weight is 314 g/mol. The molecule has 3 unspecified atom stereocenters. The fourth-order valence-corrected chi connectivity index (χ4v) is 3.18. The molecule has 1 saturated carbocycles. The molecule has 1 heterocycles. The van der Waals surface area contributed by atoms with Crippen molar-refractivity contribution in [1.29, 1.82) is 0 Å². The van der Waals surface area contributed by atoms with Gasteiger partial charge < -0.3 is 10.1 Å². The summed E-state index contributed by atoms with van der Waals surface area (Å²) in [5.74, 6) is 1.34. The van der Waals surface area contributed by atoms with Crippen molar-refractivity contribution >= 4 is 17.3 Å². The maximum atomic E-state index is 12.1. The van der Waals surface area contributed by atoms with E-state index >= 15 is 0 Å². The van der Waals surface area contributed by atoms with Crippen molar-refractivity contribution in [2.45, 2.75) is 45.7 Å². The second-order valence-corrected chi connectivity index (χ2v) is 6.42. The van der Waals surface area contributed by atoms with Crippen LogP contribution >= 0.6 is 11.6 Å². The zero-order valence-corrected chi connectivity index (χ0v) is 13.7. The number of rotatable bonds is 5. The van der Waals surface area contributed by atoms with Crippen molar-refractivity contribution in [1.82, 2.24) is 9.78 Å². The van der Waals surface area contributed by atoms with Crippen LogP contribution in [-0.4, -0.2) is 29.5 Å². The molecule has 1 N–H and O–H groups in total. The Balaban J connectivity index is 2.10. The van der Waals surface area contributed by atoms with Crippen LogP contribution < -0.4 is 10.9 Å². The summed E-state index contributed by atoms with van der Waals surface area (Å²) in [5, 5.41) is 7.78. The van der Waals surface area contributed by atoms with Crippen LogP contribution in [0.5, 0.6) is 0 Å². The van der Waals surface area contributed by atoms with Crippen molar-refractivity contribution < 1.29 is 4.74 Å². The first kappa shape index (κ1) is 16.3. The molecule has 1 aliphatic rings. The van der Waals surface area contributed by atoms with E-state index in [0.29, 0.717) is 30.8 Å². The number of halogens is 1. The molecule has 2 rings (SSSR count). The highest BCUT2D eigenvalue weighted by atomic mass is 35.5. The lowest BCUT2D eigenvalue weighted by Crippen LogP contribution is -2.34. The molecule has 0 saturated heterocycles. The molecule has 5 nitrogen and oxygen atoms in total. The SMILES string of the molecule is COCCn1ncc(NC2CCC(C)CC2C)c(Cl)c1=O. The van der Waals surface area contributed by atoms with Crippen molar-refractivity contribution in [2.24, 2.45) is 11.8 Å². The van der Waals surface area contributed by atoms with Gasteiger partial charge in [-0.15, -0.1) is 0 Å². The summed E-state index contributed by atoms with van der Waals surface area (Å²) >= 11 is 6.20. The van der Waals surface area contributed by atoms with Crippen molar-refractivity contribution in [3.05, 3.63) is 21.6 Å². The number of nitrogens with zero attached hydrogens (tertiary/aromatic N) is 2. The highest BCUT2D eigenvalue weighted by Crippen LogP contribution is 2.31. The quantitative estimate of drug-likeness (QED) is 0.908. The van der Waals surface area contributed by atoms with E-state index in [9.17, 15) is 4.79 Å². The van der Waals surface area contributed by atoms with Gasteiger partial charge in [-0.2, -0.15) is 5.10 Å². The highest BCUT2D eigenvalue weighted by Gasteiger charge is 2.26. The third-order valence-corrected chi connectivity index (χ3v) is 4.63. The van der Waals surface area contributed by atoms with Gasteiger partial charge in [-0.1, -0.05) is 25.4 Å². The molecule has 1 fully saturated rings. The molecular weight excluding hydrogens is 290 g/mol. The summed E-state index contributed by atoms with van der Waals surface area (Å²) in [6.45, 7) is 5.38. The molecule has 21 heavy (non-hydrogen) atoms. The minimum atomic E-state index is -0.268. The van der Waals surface area contributed by atoms with Gasteiger partial charge in [0.1, 0.15) is 5.02 Å². The number of hydrogen-bond acceptors (Lipinski definition) is 4. The molecule has 0 bridgehead atoms. The fraction of sp³-hybridized carbons (Fsp3) is 0.733. The lowest BCUT2D eigenvalue weighted by atomic mass is 9.80. The second kappa shape index (κ2) is 7.27. The molecule has 0 aromatic carbocycles. The van der Waals surface area contributed by atoms with Crippen molar-refractivity contribution in [3.8, 4) is 0 Å². The van der Waals surface area contributed by atoms with Crippen LogP contribution in [0.1, 0.15) is 33.1 Å². The van der Waals surface area contributed by atoms with Gasteiger partial charge in [0.05, 0.1) is 25.0 Å². The van der Waals surface area contributed by atoms with Gasteiger partial charge in [0.2, 0.25) is 0 Å². The smallest absolute Gasteiger partial charge is 0.287 e. The minimum absolute atomic E-state index is 0.215. The number of nitrogens with one attached hydrogen (secondary N) is 1. The van der Waals surface area contributed by atoms with Crippen LogP contribution in [-0.2, 0) is 11.3 Å². The Morgan fingerprint density at radius 1 is 1.48 bits per heavy atom. The van der Waals surface area contributed by atoms with Crippen LogP contribution in [0, 0.1) is 11.8 Å². The van der Waals surface area contributed by atoms with E-state index < -0.39 is 0 Å². The van der Waals surface area contributed by atoms with Gasteiger partial charge in [0.25, 0.3) is 5.56 Å². The van der Waals surface area contributed by atoms with Crippen LogP contribution in [0.15, 0.2) is 11.0 Å². The lowest BCUT2D eigenvalue weighted by Gasteiger charge is -2.33. The third-order valence-electron chi connectivity index (χ3n) is 4.26. The Kier molecular flexibility index (Phi) is 5.65. The second-order valence-electron chi connectivity index (χ2n) is 6.04. The zero-order valence-electron chi connectivity index (χ0n) is 12.9. The number of methoxy groups -OCH3 is 1. The molecule has 1 aromatic heterocycles. The summed E-state index contributed by atoms with van der Waals surface area (Å²) in [6, 6.07) is 0.356. The van der Waals surface area contributed by atoms with Gasteiger partial charge in [0.15, 0.2) is 0 Å². The van der Waals surface area contributed by atoms with Gasteiger partial charge in [-0.25, -0.2) is 4.68 Å². The molecule has 0 amide bonds. The molecule has 0 radical (unpaired) electrons. The lowest BCUT2D eigenvalue weighted by molar-refractivity contribution is 0.182. The predicted octanol–water partition coefficient (Wildman–Crippen LogP) is 2.78. The maximum Gasteiger partial charge on any atom is 0.287 e. The van der Waals surface area contributed by atoms with Crippen LogP contribution in [0.4, 0.5) is 5.69 Å². The molecule has 118 valence electrons. The largest absolute Gasteiger partial charge is 0.383 e. The Labute approximate surface area is 130 Å². The third kappa shape index (κ3) is 3.98. The molecule has 3 atom stereocenters. The number of hydrogen-bond donors (Lipinski definition) is 1. The van der Waals surface area contributed by atoms with Crippen molar-refractivity contribution in [3.63, 3.8) is 0 Å². The minimum Gasteiger partial charge on any atom is -0.383 e. The Morgan fingerprint density at radius 2 is 2.24 bits per heavy atom. The molecule has 6 heteroatoms. The first-order valence-electron chi connectivity index (χ1n) is 7.54. The molecule has 0 aliphatic heterocycles. The van der Waals surface area contributed by atoms with Gasteiger partial charge in [0, 0.05) is 13.2 Å². The van der Waals surface area contributed by atoms with E-state index in [0.717, 1.165) is 12.3 Å². The first-order chi connectivity index (χ1) is 10.0. The standard InChI is InChI=1S/C15H24ClN3O2/c1-10-4-5-12(11(2)8-10)18-13-9-17-19(6-7-21-3)15(20)14(13)16/h9-12,18H,4-8H2,1-3H3. The molecule has 1 aliphatic carbocycles. The first-order valence-corrected chi connectivity index (χ1v) is 7.91. The fourth-order valence-electron chi connectivity index (χ4n) is 2.98. The summed E-state index contributed by atoms with van der Waals surface area (Å²) in [7, 11) is 1.59. The van der Waals surface area contributed by atoms with E-state index in [1.54, 1.807) is 13.3 Å². The molecule has 1 aromatic rings. The topological polar surface area (TPSA) is 56.1 Å². The summed E-state index contributed by atoms with van der Waals surface area (Å²) in [4.78, 5) is 12.1. The zero-order chi connectivity index (χ0) is 15.4. The normalized spacial score (nSPS) is 25.8. The number of ether oxygens (including phenoxy) is 1. The Bertz CT molecular complexity index is 532. The summed E-state index contributed by atoms with van der Waals surface area (Å²) in [6.07, 6.45) is 5.15.